The fourth-order valence-electron chi connectivity index (χ4n) is 2.05. The average Bonchev–Trinajstić information content (AvgIpc) is 2.89. The first-order chi connectivity index (χ1) is 8.40. The quantitative estimate of drug-likeness (QED) is 0.447. The summed E-state index contributed by atoms with van der Waals surface area (Å²) in [5.41, 5.74) is 2.46. The molecule has 0 saturated carbocycles. The number of hydrogen-bond donors (Lipinski definition) is 0. The Morgan fingerprint density at radius 2 is 1.65 bits per heavy atom. The number of rotatable bonds is 4. The minimum atomic E-state index is 0.779. The van der Waals surface area contributed by atoms with Gasteiger partial charge in [-0.25, -0.2) is 0 Å². The zero-order valence-electron chi connectivity index (χ0n) is 9.88. The third-order valence-corrected chi connectivity index (χ3v) is 2.95. The number of allylic oxidation sites excluding steroid dienone is 3. The SMILES string of the molecule is O=CC=CC=Cc1ccc(N2CCCC2)cc1. The number of benzene rings is 1. The Labute approximate surface area is 102 Å². The topological polar surface area (TPSA) is 20.3 Å². The molecule has 1 aromatic rings. The molecule has 1 heterocycles. The van der Waals surface area contributed by atoms with Gasteiger partial charge in [0.2, 0.25) is 0 Å². The van der Waals surface area contributed by atoms with Crippen molar-refractivity contribution >= 4 is 18.0 Å². The molecule has 0 aromatic heterocycles. The highest BCUT2D eigenvalue weighted by atomic mass is 16.1. The highest BCUT2D eigenvalue weighted by Gasteiger charge is 2.11. The molecule has 2 rings (SSSR count). The van der Waals surface area contributed by atoms with Crippen LogP contribution in [0.3, 0.4) is 0 Å². The lowest BCUT2D eigenvalue weighted by Gasteiger charge is -2.17. The van der Waals surface area contributed by atoms with Gasteiger partial charge in [-0.2, -0.15) is 0 Å². The van der Waals surface area contributed by atoms with Crippen LogP contribution in [0.2, 0.25) is 0 Å². The van der Waals surface area contributed by atoms with Crippen molar-refractivity contribution in [1.29, 1.82) is 0 Å². The Hall–Kier alpha value is -1.83. The molecule has 88 valence electrons. The molecule has 0 bridgehead atoms. The zero-order chi connectivity index (χ0) is 11.9. The van der Waals surface area contributed by atoms with Crippen LogP contribution >= 0.6 is 0 Å². The second-order valence-corrected chi connectivity index (χ2v) is 4.17. The van der Waals surface area contributed by atoms with E-state index in [1.165, 1.54) is 37.7 Å². The molecule has 0 amide bonds. The maximum absolute atomic E-state index is 10.1. The van der Waals surface area contributed by atoms with Crippen LogP contribution in [-0.4, -0.2) is 19.4 Å². The smallest absolute Gasteiger partial charge is 0.142 e. The van der Waals surface area contributed by atoms with Crippen LogP contribution in [0.4, 0.5) is 5.69 Å². The van der Waals surface area contributed by atoms with Crippen molar-refractivity contribution in [2.45, 2.75) is 12.8 Å². The highest BCUT2D eigenvalue weighted by molar-refractivity contribution is 5.66. The standard InChI is InChI=1S/C15H17NO/c17-13-5-1-2-6-14-7-9-15(10-8-14)16-11-3-4-12-16/h1-2,5-10,13H,3-4,11-12H2. The Morgan fingerprint density at radius 1 is 0.941 bits per heavy atom. The molecule has 0 unspecified atom stereocenters. The third-order valence-electron chi connectivity index (χ3n) is 2.95. The molecule has 1 fully saturated rings. The molecule has 17 heavy (non-hydrogen) atoms. The second kappa shape index (κ2) is 6.04. The summed E-state index contributed by atoms with van der Waals surface area (Å²) in [7, 11) is 0. The van der Waals surface area contributed by atoms with E-state index in [-0.39, 0.29) is 0 Å². The molecule has 0 spiro atoms. The molecule has 2 nitrogen and oxygen atoms in total. The molecular weight excluding hydrogens is 210 g/mol. The largest absolute Gasteiger partial charge is 0.372 e. The first-order valence-electron chi connectivity index (χ1n) is 6.04. The van der Waals surface area contributed by atoms with Gasteiger partial charge in [0.1, 0.15) is 6.29 Å². The molecule has 0 radical (unpaired) electrons. The summed E-state index contributed by atoms with van der Waals surface area (Å²) in [6.07, 6.45) is 10.5. The van der Waals surface area contributed by atoms with E-state index in [1.807, 2.05) is 12.2 Å². The van der Waals surface area contributed by atoms with Gasteiger partial charge in [-0.15, -0.1) is 0 Å². The fraction of sp³-hybridized carbons (Fsp3) is 0.267. The third kappa shape index (κ3) is 3.31. The van der Waals surface area contributed by atoms with Gasteiger partial charge in [0, 0.05) is 18.8 Å². The molecule has 1 aliphatic heterocycles. The summed E-state index contributed by atoms with van der Waals surface area (Å²) in [4.78, 5) is 12.5. The summed E-state index contributed by atoms with van der Waals surface area (Å²) in [5.74, 6) is 0. The van der Waals surface area contributed by atoms with Crippen molar-refractivity contribution in [2.24, 2.45) is 0 Å². The Balaban J connectivity index is 1.99. The van der Waals surface area contributed by atoms with E-state index in [1.54, 1.807) is 6.08 Å². The lowest BCUT2D eigenvalue weighted by Crippen LogP contribution is -2.17. The minimum absolute atomic E-state index is 0.779. The predicted molar refractivity (Wildman–Crippen MR) is 72.1 cm³/mol. The van der Waals surface area contributed by atoms with Crippen molar-refractivity contribution in [3.05, 3.63) is 48.1 Å². The number of anilines is 1. The molecule has 2 heteroatoms. The highest BCUT2D eigenvalue weighted by Crippen LogP contribution is 2.20. The zero-order valence-corrected chi connectivity index (χ0v) is 9.88. The van der Waals surface area contributed by atoms with E-state index in [0.29, 0.717) is 0 Å². The van der Waals surface area contributed by atoms with E-state index in [0.717, 1.165) is 11.8 Å². The van der Waals surface area contributed by atoms with Gasteiger partial charge in [-0.05, 0) is 36.6 Å². The summed E-state index contributed by atoms with van der Waals surface area (Å²) in [5, 5.41) is 0. The normalized spacial score (nSPS) is 16.1. The first kappa shape index (κ1) is 11.6. The number of nitrogens with zero attached hydrogens (tertiary/aromatic N) is 1. The van der Waals surface area contributed by atoms with Crippen molar-refractivity contribution in [3.63, 3.8) is 0 Å². The monoisotopic (exact) mass is 227 g/mol. The van der Waals surface area contributed by atoms with Crippen LogP contribution in [0.25, 0.3) is 6.08 Å². The fourth-order valence-corrected chi connectivity index (χ4v) is 2.05. The molecule has 0 N–H and O–H groups in total. The van der Waals surface area contributed by atoms with Crippen LogP contribution in [0.5, 0.6) is 0 Å². The summed E-state index contributed by atoms with van der Waals surface area (Å²) < 4.78 is 0. The summed E-state index contributed by atoms with van der Waals surface area (Å²) in [6.45, 7) is 2.36. The van der Waals surface area contributed by atoms with E-state index in [9.17, 15) is 4.79 Å². The maximum Gasteiger partial charge on any atom is 0.142 e. The van der Waals surface area contributed by atoms with Gasteiger partial charge in [0.15, 0.2) is 0 Å². The molecular formula is C15H17NO. The van der Waals surface area contributed by atoms with E-state index >= 15 is 0 Å². The van der Waals surface area contributed by atoms with E-state index in [4.69, 9.17) is 0 Å². The van der Waals surface area contributed by atoms with Gasteiger partial charge in [-0.1, -0.05) is 30.4 Å². The molecule has 0 atom stereocenters. The van der Waals surface area contributed by atoms with Crippen LogP contribution in [0.15, 0.2) is 42.5 Å². The summed E-state index contributed by atoms with van der Waals surface area (Å²) in [6, 6.07) is 8.54. The second-order valence-electron chi connectivity index (χ2n) is 4.17. The summed E-state index contributed by atoms with van der Waals surface area (Å²) >= 11 is 0. The minimum Gasteiger partial charge on any atom is -0.372 e. The molecule has 0 aliphatic carbocycles. The number of carbonyl (C=O) groups excluding carboxylic acids is 1. The number of hydrogen-bond acceptors (Lipinski definition) is 2. The number of aldehydes is 1. The first-order valence-corrected chi connectivity index (χ1v) is 6.04. The Kier molecular flexibility index (Phi) is 4.14. The predicted octanol–water partition coefficient (Wildman–Crippen LogP) is 3.06. The van der Waals surface area contributed by atoms with Gasteiger partial charge in [-0.3, -0.25) is 4.79 Å². The lowest BCUT2D eigenvalue weighted by molar-refractivity contribution is -0.104. The average molecular weight is 227 g/mol. The van der Waals surface area contributed by atoms with Gasteiger partial charge < -0.3 is 4.90 Å². The van der Waals surface area contributed by atoms with Gasteiger partial charge >= 0.3 is 0 Å². The van der Waals surface area contributed by atoms with Crippen molar-refractivity contribution in [3.8, 4) is 0 Å². The molecule has 1 aliphatic rings. The van der Waals surface area contributed by atoms with E-state index < -0.39 is 0 Å². The van der Waals surface area contributed by atoms with E-state index in [2.05, 4.69) is 29.2 Å². The van der Waals surface area contributed by atoms with Crippen molar-refractivity contribution in [1.82, 2.24) is 0 Å². The lowest BCUT2D eigenvalue weighted by atomic mass is 10.2. The van der Waals surface area contributed by atoms with Crippen LogP contribution < -0.4 is 4.90 Å². The molecule has 1 aromatic carbocycles. The Morgan fingerprint density at radius 3 is 2.29 bits per heavy atom. The van der Waals surface area contributed by atoms with Gasteiger partial charge in [0.05, 0.1) is 0 Å². The van der Waals surface area contributed by atoms with Crippen LogP contribution in [0.1, 0.15) is 18.4 Å². The van der Waals surface area contributed by atoms with Crippen molar-refractivity contribution in [2.75, 3.05) is 18.0 Å². The molecule has 1 saturated heterocycles. The maximum atomic E-state index is 10.1. The Bertz CT molecular complexity index is 411. The van der Waals surface area contributed by atoms with Crippen molar-refractivity contribution < 1.29 is 4.79 Å². The number of carbonyl (C=O) groups is 1. The van der Waals surface area contributed by atoms with Crippen LogP contribution in [0, 0.1) is 0 Å². The van der Waals surface area contributed by atoms with Crippen LogP contribution in [-0.2, 0) is 4.79 Å². The van der Waals surface area contributed by atoms with Gasteiger partial charge in [0.25, 0.3) is 0 Å².